The van der Waals surface area contributed by atoms with E-state index in [1.54, 1.807) is 28.8 Å². The summed E-state index contributed by atoms with van der Waals surface area (Å²) in [5, 5.41) is 2.10. The van der Waals surface area contributed by atoms with Crippen molar-refractivity contribution in [2.24, 2.45) is 11.8 Å². The van der Waals surface area contributed by atoms with Crippen molar-refractivity contribution in [2.45, 2.75) is 50.9 Å². The summed E-state index contributed by atoms with van der Waals surface area (Å²) >= 11 is 1.62. The topological polar surface area (TPSA) is 69.9 Å². The Hall–Kier alpha value is -2.19. The average Bonchev–Trinajstić information content (AvgIpc) is 3.43. The van der Waals surface area contributed by atoms with Crippen LogP contribution in [0.25, 0.3) is 0 Å². The van der Waals surface area contributed by atoms with Gasteiger partial charge in [0.05, 0.1) is 23.7 Å². The third kappa shape index (κ3) is 3.67. The zero-order valence-corrected chi connectivity index (χ0v) is 18.1. The highest BCUT2D eigenvalue weighted by molar-refractivity contribution is 7.07. The van der Waals surface area contributed by atoms with Crippen LogP contribution in [0.5, 0.6) is 0 Å². The van der Waals surface area contributed by atoms with Crippen LogP contribution in [0.1, 0.15) is 36.9 Å². The van der Waals surface area contributed by atoms with Gasteiger partial charge in [-0.1, -0.05) is 0 Å². The van der Waals surface area contributed by atoms with Gasteiger partial charge in [0.15, 0.2) is 0 Å². The molecule has 0 N–H and O–H groups in total. The fourth-order valence-corrected chi connectivity index (χ4v) is 6.25. The smallest absolute Gasteiger partial charge is 0.245 e. The van der Waals surface area contributed by atoms with Crippen LogP contribution in [0, 0.1) is 11.8 Å². The maximum absolute atomic E-state index is 13.6. The Bertz CT molecular complexity index is 884. The molecule has 0 radical (unpaired) electrons. The molecule has 2 aromatic heterocycles. The fourth-order valence-electron chi connectivity index (χ4n) is 5.70. The van der Waals surface area contributed by atoms with Gasteiger partial charge in [0.1, 0.15) is 6.04 Å². The van der Waals surface area contributed by atoms with E-state index in [9.17, 15) is 9.59 Å². The molecule has 0 aliphatic carbocycles. The Balaban J connectivity index is 1.40. The number of aromatic nitrogens is 1. The second kappa shape index (κ2) is 8.15. The van der Waals surface area contributed by atoms with Gasteiger partial charge in [0, 0.05) is 62.6 Å². The molecule has 2 amide bonds. The molecule has 2 aromatic rings. The van der Waals surface area contributed by atoms with E-state index in [1.165, 1.54) is 0 Å². The molecule has 30 heavy (non-hydrogen) atoms. The van der Waals surface area contributed by atoms with Crippen molar-refractivity contribution < 1.29 is 14.0 Å². The van der Waals surface area contributed by atoms with Gasteiger partial charge in [-0.2, -0.15) is 0 Å². The van der Waals surface area contributed by atoms with Crippen molar-refractivity contribution in [3.05, 3.63) is 40.7 Å². The van der Waals surface area contributed by atoms with Gasteiger partial charge in [-0.3, -0.25) is 14.5 Å². The second-order valence-electron chi connectivity index (χ2n) is 8.96. The summed E-state index contributed by atoms with van der Waals surface area (Å²) in [5.74, 6) is 0.814. The Morgan fingerprint density at radius 1 is 1.37 bits per heavy atom. The molecule has 0 unspecified atom stereocenters. The number of carbonyl (C=O) groups is 2. The number of fused-ring (bicyclic) bond motifs is 4. The molecule has 3 aliphatic rings. The first kappa shape index (κ1) is 19.8. The Morgan fingerprint density at radius 2 is 2.23 bits per heavy atom. The Morgan fingerprint density at radius 3 is 3.00 bits per heavy atom. The Kier molecular flexibility index (Phi) is 5.37. The fraction of sp³-hybridized carbons (Fsp3) is 0.591. The highest BCUT2D eigenvalue weighted by Crippen LogP contribution is 2.42. The van der Waals surface area contributed by atoms with Crippen LogP contribution in [0.3, 0.4) is 0 Å². The molecule has 160 valence electrons. The molecule has 5 heterocycles. The summed E-state index contributed by atoms with van der Waals surface area (Å²) in [6, 6.07) is 1.69. The lowest BCUT2D eigenvalue weighted by Gasteiger charge is -2.56. The van der Waals surface area contributed by atoms with E-state index in [0.717, 1.165) is 50.2 Å². The number of rotatable bonds is 5. The van der Waals surface area contributed by atoms with Gasteiger partial charge < -0.3 is 14.2 Å². The van der Waals surface area contributed by atoms with Crippen molar-refractivity contribution in [1.82, 2.24) is 19.7 Å². The van der Waals surface area contributed by atoms with Crippen molar-refractivity contribution in [2.75, 3.05) is 20.1 Å². The van der Waals surface area contributed by atoms with Crippen LogP contribution >= 0.6 is 11.3 Å². The first-order chi connectivity index (χ1) is 14.6. The van der Waals surface area contributed by atoms with Gasteiger partial charge in [-0.15, -0.1) is 11.3 Å². The summed E-state index contributed by atoms with van der Waals surface area (Å²) < 4.78 is 5.16. The van der Waals surface area contributed by atoms with Crippen molar-refractivity contribution in [3.8, 4) is 0 Å². The summed E-state index contributed by atoms with van der Waals surface area (Å²) in [7, 11) is 1.83. The molecule has 7 nitrogen and oxygen atoms in total. The van der Waals surface area contributed by atoms with Gasteiger partial charge >= 0.3 is 0 Å². The third-order valence-corrected chi connectivity index (χ3v) is 7.55. The molecule has 8 heteroatoms. The number of hydrogen-bond donors (Lipinski definition) is 0. The molecule has 3 saturated heterocycles. The highest BCUT2D eigenvalue weighted by Gasteiger charge is 2.52. The SMILES string of the molecule is CN(Cc1ccoc1)C(=O)[C@H]1[C@@H]2C[C@@H](CN(Cc3cscn3)C2)[C@@H]2CCCC(=O)N21. The second-order valence-corrected chi connectivity index (χ2v) is 9.68. The number of likely N-dealkylation sites (tertiary alicyclic amines) is 1. The molecule has 0 aromatic carbocycles. The minimum atomic E-state index is -0.366. The molecule has 3 fully saturated rings. The summed E-state index contributed by atoms with van der Waals surface area (Å²) in [6.45, 7) is 3.13. The summed E-state index contributed by atoms with van der Waals surface area (Å²) in [6.07, 6.45) is 6.82. The lowest BCUT2D eigenvalue weighted by Crippen LogP contribution is -2.68. The standard InChI is InChI=1S/C22H28N4O3S/c1-24(8-15-5-6-29-12-15)22(28)21-17-7-16(19-3-2-4-20(27)26(19)21)9-25(10-17)11-18-13-30-14-23-18/h5-6,12-14,16-17,19,21H,2-4,7-11H2,1H3/t16-,17+,19-,21+/m0/s1. The van der Waals surface area contributed by atoms with Crippen LogP contribution in [0.4, 0.5) is 0 Å². The van der Waals surface area contributed by atoms with E-state index in [-0.39, 0.29) is 29.8 Å². The van der Waals surface area contributed by atoms with Crippen molar-refractivity contribution >= 4 is 23.2 Å². The minimum Gasteiger partial charge on any atom is -0.472 e. The van der Waals surface area contributed by atoms with Gasteiger partial charge in [-0.25, -0.2) is 4.98 Å². The molecular formula is C22H28N4O3S. The lowest BCUT2D eigenvalue weighted by atomic mass is 9.71. The number of hydrogen-bond acceptors (Lipinski definition) is 6. The molecule has 2 bridgehead atoms. The molecule has 4 atom stereocenters. The predicted octanol–water partition coefficient (Wildman–Crippen LogP) is 2.60. The number of amides is 2. The van der Waals surface area contributed by atoms with Crippen LogP contribution in [0.15, 0.2) is 33.9 Å². The molecule has 3 aliphatic heterocycles. The zero-order chi connectivity index (χ0) is 20.7. The molecule has 5 rings (SSSR count). The highest BCUT2D eigenvalue weighted by atomic mass is 32.1. The van der Waals surface area contributed by atoms with Crippen molar-refractivity contribution in [3.63, 3.8) is 0 Å². The van der Waals surface area contributed by atoms with Gasteiger partial charge in [0.2, 0.25) is 11.8 Å². The van der Waals surface area contributed by atoms with E-state index < -0.39 is 0 Å². The lowest BCUT2D eigenvalue weighted by molar-refractivity contribution is -0.165. The third-order valence-electron chi connectivity index (χ3n) is 6.92. The zero-order valence-electron chi connectivity index (χ0n) is 17.3. The first-order valence-corrected chi connectivity index (χ1v) is 11.7. The predicted molar refractivity (Wildman–Crippen MR) is 112 cm³/mol. The number of piperidine rings is 3. The van der Waals surface area contributed by atoms with Crippen LogP contribution < -0.4 is 0 Å². The van der Waals surface area contributed by atoms with Gasteiger partial charge in [-0.05, 0) is 31.2 Å². The molecule has 0 saturated carbocycles. The number of carbonyl (C=O) groups excluding carboxylic acids is 2. The summed E-state index contributed by atoms with van der Waals surface area (Å²) in [5.41, 5.74) is 3.94. The minimum absolute atomic E-state index is 0.0513. The maximum atomic E-state index is 13.6. The maximum Gasteiger partial charge on any atom is 0.245 e. The van der Waals surface area contributed by atoms with Gasteiger partial charge in [0.25, 0.3) is 0 Å². The summed E-state index contributed by atoms with van der Waals surface area (Å²) in [4.78, 5) is 37.2. The Labute approximate surface area is 180 Å². The van der Waals surface area contributed by atoms with Crippen LogP contribution in [0.2, 0.25) is 0 Å². The van der Waals surface area contributed by atoms with E-state index in [2.05, 4.69) is 15.3 Å². The number of likely N-dealkylation sites (N-methyl/N-ethyl adjacent to an activating group) is 1. The first-order valence-electron chi connectivity index (χ1n) is 10.8. The number of thiazole rings is 1. The van der Waals surface area contributed by atoms with E-state index in [0.29, 0.717) is 18.9 Å². The van der Waals surface area contributed by atoms with E-state index in [4.69, 9.17) is 4.42 Å². The quantitative estimate of drug-likeness (QED) is 0.732. The monoisotopic (exact) mass is 428 g/mol. The number of nitrogens with zero attached hydrogens (tertiary/aromatic N) is 4. The van der Waals surface area contributed by atoms with Crippen LogP contribution in [-0.4, -0.2) is 63.7 Å². The normalized spacial score (nSPS) is 29.0. The van der Waals surface area contributed by atoms with Crippen molar-refractivity contribution in [1.29, 1.82) is 0 Å². The average molecular weight is 429 g/mol. The van der Waals surface area contributed by atoms with E-state index >= 15 is 0 Å². The van der Waals surface area contributed by atoms with E-state index in [1.807, 2.05) is 23.5 Å². The number of furan rings is 1. The van der Waals surface area contributed by atoms with Crippen LogP contribution in [-0.2, 0) is 22.7 Å². The molecular weight excluding hydrogens is 400 g/mol. The molecule has 0 spiro atoms. The largest absolute Gasteiger partial charge is 0.472 e.